The number of likely N-dealkylation sites (N-methyl/N-ethyl adjacent to an activating group) is 1. The molecule has 1 heterocycles. The van der Waals surface area contributed by atoms with Gasteiger partial charge in [-0.15, -0.1) is 0 Å². The minimum absolute atomic E-state index is 0.0172. The van der Waals surface area contributed by atoms with Crippen LogP contribution in [0.2, 0.25) is 0 Å². The molecule has 3 saturated carbocycles. The maximum absolute atomic E-state index is 12.8. The van der Waals surface area contributed by atoms with Crippen LogP contribution in [0.1, 0.15) is 71.3 Å². The highest BCUT2D eigenvalue weighted by Gasteiger charge is 2.64. The number of carbonyl (C=O) groups excluding carboxylic acids is 1. The molecule has 31 heavy (non-hydrogen) atoms. The molecule has 0 aromatic heterocycles. The van der Waals surface area contributed by atoms with E-state index < -0.39 is 0 Å². The lowest BCUT2D eigenvalue weighted by atomic mass is 9.44. The Bertz CT molecular complexity index is 905. The van der Waals surface area contributed by atoms with Crippen molar-refractivity contribution < 1.29 is 9.53 Å². The summed E-state index contributed by atoms with van der Waals surface area (Å²) in [6, 6.07) is 9.78. The van der Waals surface area contributed by atoms with Gasteiger partial charge in [0.1, 0.15) is 11.9 Å². The molecular weight excluding hydrogens is 384 g/mol. The van der Waals surface area contributed by atoms with Gasteiger partial charge < -0.3 is 9.64 Å². The average molecular weight is 421 g/mol. The number of rotatable bonds is 2. The molecule has 0 radical (unpaired) electrons. The van der Waals surface area contributed by atoms with Crippen molar-refractivity contribution in [2.45, 2.75) is 77.9 Å². The molecule has 1 aromatic rings. The zero-order valence-corrected chi connectivity index (χ0v) is 19.4. The molecule has 4 heteroatoms. The quantitative estimate of drug-likeness (QED) is 0.642. The highest BCUT2D eigenvalue weighted by Crippen LogP contribution is 2.66. The molecule has 0 bridgehead atoms. The van der Waals surface area contributed by atoms with E-state index in [1.165, 1.54) is 32.1 Å². The highest BCUT2D eigenvalue weighted by molar-refractivity contribution is 5.77. The number of hydrogen-bond donors (Lipinski definition) is 0. The van der Waals surface area contributed by atoms with Gasteiger partial charge in [0.2, 0.25) is 5.91 Å². The summed E-state index contributed by atoms with van der Waals surface area (Å²) in [5, 5.41) is 9.15. The summed E-state index contributed by atoms with van der Waals surface area (Å²) in [5.74, 6) is 3.56. The SMILES string of the molecule is C[C@H]1[C@@H](Oc2ccc(C#N)cc2)[C@H]2N(C)C(=O)CC[C@]2(C)[C@H]2CC[C@]3(C)CCC[C@H]3[C@H]12. The van der Waals surface area contributed by atoms with Gasteiger partial charge in [0, 0.05) is 13.5 Å². The first-order valence-corrected chi connectivity index (χ1v) is 12.2. The largest absolute Gasteiger partial charge is 0.488 e. The summed E-state index contributed by atoms with van der Waals surface area (Å²) in [4.78, 5) is 14.8. The van der Waals surface area contributed by atoms with Crippen molar-refractivity contribution in [1.82, 2.24) is 4.90 Å². The smallest absolute Gasteiger partial charge is 0.222 e. The molecule has 0 unspecified atom stereocenters. The number of nitriles is 1. The van der Waals surface area contributed by atoms with E-state index in [0.717, 1.165) is 18.1 Å². The van der Waals surface area contributed by atoms with E-state index in [1.807, 2.05) is 36.2 Å². The van der Waals surface area contributed by atoms with Crippen LogP contribution in [0.4, 0.5) is 0 Å². The van der Waals surface area contributed by atoms with Crippen LogP contribution in [0.25, 0.3) is 0 Å². The van der Waals surface area contributed by atoms with Gasteiger partial charge in [-0.1, -0.05) is 27.2 Å². The van der Waals surface area contributed by atoms with E-state index in [1.54, 1.807) is 0 Å². The number of likely N-dealkylation sites (tertiary alicyclic amines) is 1. The molecule has 166 valence electrons. The Balaban J connectivity index is 1.55. The fourth-order valence-electron chi connectivity index (χ4n) is 8.43. The van der Waals surface area contributed by atoms with Crippen LogP contribution in [0, 0.1) is 45.8 Å². The fourth-order valence-corrected chi connectivity index (χ4v) is 8.43. The second kappa shape index (κ2) is 7.26. The molecule has 4 nitrogen and oxygen atoms in total. The fraction of sp³-hybridized carbons (Fsp3) is 0.704. The monoisotopic (exact) mass is 420 g/mol. The zero-order valence-electron chi connectivity index (χ0n) is 19.4. The number of benzene rings is 1. The first-order chi connectivity index (χ1) is 14.8. The molecule has 0 spiro atoms. The summed E-state index contributed by atoms with van der Waals surface area (Å²) < 4.78 is 6.75. The molecular formula is C27H36N2O2. The van der Waals surface area contributed by atoms with Gasteiger partial charge in [0.15, 0.2) is 0 Å². The molecule has 5 rings (SSSR count). The van der Waals surface area contributed by atoms with Crippen molar-refractivity contribution in [3.63, 3.8) is 0 Å². The number of hydrogen-bond acceptors (Lipinski definition) is 3. The normalized spacial score (nSPS) is 44.1. The average Bonchev–Trinajstić information content (AvgIpc) is 3.16. The number of nitrogens with zero attached hydrogens (tertiary/aromatic N) is 2. The van der Waals surface area contributed by atoms with Crippen LogP contribution in [0.15, 0.2) is 24.3 Å². The van der Waals surface area contributed by atoms with Crippen LogP contribution in [-0.2, 0) is 4.79 Å². The van der Waals surface area contributed by atoms with Gasteiger partial charge in [-0.2, -0.15) is 5.26 Å². The topological polar surface area (TPSA) is 53.3 Å². The molecule has 0 N–H and O–H groups in total. The number of fused-ring (bicyclic) bond motifs is 5. The van der Waals surface area contributed by atoms with Crippen molar-refractivity contribution >= 4 is 5.91 Å². The second-order valence-electron chi connectivity index (χ2n) is 11.4. The van der Waals surface area contributed by atoms with E-state index in [0.29, 0.717) is 35.2 Å². The highest BCUT2D eigenvalue weighted by atomic mass is 16.5. The maximum atomic E-state index is 12.8. The van der Waals surface area contributed by atoms with Gasteiger partial charge in [-0.3, -0.25) is 4.79 Å². The van der Waals surface area contributed by atoms with Crippen molar-refractivity contribution in [2.75, 3.05) is 7.05 Å². The zero-order chi connectivity index (χ0) is 22.0. The van der Waals surface area contributed by atoms with Crippen LogP contribution in [0.3, 0.4) is 0 Å². The van der Waals surface area contributed by atoms with Gasteiger partial charge in [-0.25, -0.2) is 0 Å². The first kappa shape index (κ1) is 20.9. The predicted octanol–water partition coefficient (Wildman–Crippen LogP) is 5.42. The lowest BCUT2D eigenvalue weighted by molar-refractivity contribution is -0.191. The van der Waals surface area contributed by atoms with E-state index in [9.17, 15) is 4.79 Å². The standard InChI is InChI=1S/C27H36N2O2/c1-17-23-20-6-5-13-26(20,2)14-11-21(23)27(3)15-12-22(30)29(4)25(27)24(17)31-19-9-7-18(16-28)8-10-19/h7-10,17,20-21,23-25H,5-6,11-15H2,1-4H3/t17-,20+,21+,23+,24-,25-,26+,27-/m1/s1. The Morgan fingerprint density at radius 1 is 1.10 bits per heavy atom. The molecule has 1 amide bonds. The molecule has 1 aliphatic heterocycles. The molecule has 1 saturated heterocycles. The number of ether oxygens (including phenoxy) is 1. The first-order valence-electron chi connectivity index (χ1n) is 12.2. The van der Waals surface area contributed by atoms with Crippen LogP contribution < -0.4 is 4.74 Å². The van der Waals surface area contributed by atoms with Crippen molar-refractivity contribution in [3.05, 3.63) is 29.8 Å². The number of carbonyl (C=O) groups is 1. The predicted molar refractivity (Wildman–Crippen MR) is 120 cm³/mol. The van der Waals surface area contributed by atoms with E-state index in [2.05, 4.69) is 26.8 Å². The number of amides is 1. The summed E-state index contributed by atoms with van der Waals surface area (Å²) in [5.41, 5.74) is 1.22. The Hall–Kier alpha value is -2.02. The van der Waals surface area contributed by atoms with E-state index >= 15 is 0 Å². The minimum Gasteiger partial charge on any atom is -0.488 e. The third-order valence-corrected chi connectivity index (χ3v) is 10.0. The Morgan fingerprint density at radius 2 is 1.84 bits per heavy atom. The lowest BCUT2D eigenvalue weighted by Gasteiger charge is -2.65. The van der Waals surface area contributed by atoms with Crippen LogP contribution >= 0.6 is 0 Å². The van der Waals surface area contributed by atoms with Gasteiger partial charge in [0.25, 0.3) is 0 Å². The Labute approximate surface area is 186 Å². The van der Waals surface area contributed by atoms with Gasteiger partial charge >= 0.3 is 0 Å². The summed E-state index contributed by atoms with van der Waals surface area (Å²) in [7, 11) is 2.00. The van der Waals surface area contributed by atoms with E-state index in [-0.39, 0.29) is 23.5 Å². The second-order valence-corrected chi connectivity index (χ2v) is 11.4. The minimum atomic E-state index is -0.0172. The summed E-state index contributed by atoms with van der Waals surface area (Å²) in [6.07, 6.45) is 8.33. The van der Waals surface area contributed by atoms with Crippen LogP contribution in [0.5, 0.6) is 5.75 Å². The molecule has 4 fully saturated rings. The Kier molecular flexibility index (Phi) is 4.88. The number of piperidine rings is 1. The lowest BCUT2D eigenvalue weighted by Crippen LogP contribution is -2.69. The maximum Gasteiger partial charge on any atom is 0.222 e. The van der Waals surface area contributed by atoms with Crippen molar-refractivity contribution in [2.24, 2.45) is 34.5 Å². The van der Waals surface area contributed by atoms with Crippen LogP contribution in [-0.4, -0.2) is 30.0 Å². The molecule has 3 aliphatic carbocycles. The van der Waals surface area contributed by atoms with Crippen molar-refractivity contribution in [1.29, 1.82) is 5.26 Å². The third-order valence-electron chi connectivity index (χ3n) is 10.0. The molecule has 1 aromatic carbocycles. The molecule has 4 aliphatic rings. The van der Waals surface area contributed by atoms with Crippen molar-refractivity contribution in [3.8, 4) is 11.8 Å². The summed E-state index contributed by atoms with van der Waals surface area (Å²) >= 11 is 0. The Morgan fingerprint density at radius 3 is 2.55 bits per heavy atom. The van der Waals surface area contributed by atoms with Gasteiger partial charge in [0.05, 0.1) is 17.7 Å². The summed E-state index contributed by atoms with van der Waals surface area (Å²) in [6.45, 7) is 7.38. The molecule has 8 atom stereocenters. The van der Waals surface area contributed by atoms with E-state index in [4.69, 9.17) is 10.00 Å². The van der Waals surface area contributed by atoms with Gasteiger partial charge in [-0.05, 0) is 90.9 Å². The third kappa shape index (κ3) is 3.03.